The van der Waals surface area contributed by atoms with E-state index in [2.05, 4.69) is 31.9 Å². The second-order valence-electron chi connectivity index (χ2n) is 1.99. The van der Waals surface area contributed by atoms with Crippen molar-refractivity contribution in [3.05, 3.63) is 32.5 Å². The lowest BCUT2D eigenvalue weighted by molar-refractivity contribution is 0.610. The van der Waals surface area contributed by atoms with Crippen LogP contribution in [0.4, 0.5) is 4.39 Å². The van der Waals surface area contributed by atoms with Crippen molar-refractivity contribution in [2.75, 3.05) is 0 Å². The van der Waals surface area contributed by atoms with Gasteiger partial charge in [-0.3, -0.25) is 0 Å². The first-order valence-electron chi connectivity index (χ1n) is 2.84. The zero-order chi connectivity index (χ0) is 8.43. The van der Waals surface area contributed by atoms with Gasteiger partial charge in [-0.25, -0.2) is 4.39 Å². The molecule has 60 valence electrons. The van der Waals surface area contributed by atoms with Crippen molar-refractivity contribution in [3.8, 4) is 0 Å². The minimum absolute atomic E-state index is 0.184. The smallest absolute Gasteiger partial charge is 0.141 e. The summed E-state index contributed by atoms with van der Waals surface area (Å²) in [7, 11) is 0. The Labute approximate surface area is 86.0 Å². The van der Waals surface area contributed by atoms with Crippen molar-refractivity contribution in [1.29, 1.82) is 0 Å². The third kappa shape index (κ3) is 2.17. The van der Waals surface area contributed by atoms with Crippen molar-refractivity contribution in [2.45, 2.75) is 5.88 Å². The Morgan fingerprint density at radius 3 is 2.55 bits per heavy atom. The Balaban J connectivity index is 3.24. The maximum Gasteiger partial charge on any atom is 0.141 e. The monoisotopic (exact) mass is 300 g/mol. The van der Waals surface area contributed by atoms with Crippen LogP contribution >= 0.6 is 43.5 Å². The number of rotatable bonds is 1. The Morgan fingerprint density at radius 1 is 1.36 bits per heavy atom. The summed E-state index contributed by atoms with van der Waals surface area (Å²) in [5.74, 6) is -0.104. The molecule has 0 aliphatic carbocycles. The normalized spacial score (nSPS) is 10.2. The highest BCUT2D eigenvalue weighted by atomic mass is 79.9. The highest BCUT2D eigenvalue weighted by molar-refractivity contribution is 9.11. The standard InChI is InChI=1S/C7H4Br2ClF/c8-5-1-4(3-10)7(11)6(9)2-5/h1-2H,3H2. The van der Waals surface area contributed by atoms with Crippen LogP contribution in [0.3, 0.4) is 0 Å². The zero-order valence-corrected chi connectivity index (χ0v) is 9.30. The lowest BCUT2D eigenvalue weighted by Gasteiger charge is -2.01. The molecule has 0 aromatic heterocycles. The van der Waals surface area contributed by atoms with Gasteiger partial charge in [0.2, 0.25) is 0 Å². The number of benzene rings is 1. The first-order chi connectivity index (χ1) is 5.15. The molecule has 0 amide bonds. The van der Waals surface area contributed by atoms with E-state index in [1.807, 2.05) is 0 Å². The van der Waals surface area contributed by atoms with Crippen LogP contribution in [0.2, 0.25) is 0 Å². The average molecular weight is 302 g/mol. The quantitative estimate of drug-likeness (QED) is 0.541. The summed E-state index contributed by atoms with van der Waals surface area (Å²) >= 11 is 11.8. The predicted molar refractivity (Wildman–Crippen MR) is 51.4 cm³/mol. The van der Waals surface area contributed by atoms with E-state index in [1.165, 1.54) is 0 Å². The number of hydrogen-bond donors (Lipinski definition) is 0. The maximum atomic E-state index is 13.0. The molecule has 0 fully saturated rings. The molecule has 0 radical (unpaired) electrons. The average Bonchev–Trinajstić information content (AvgIpc) is 1.96. The minimum atomic E-state index is -0.289. The Bertz CT molecular complexity index is 275. The highest BCUT2D eigenvalue weighted by Gasteiger charge is 2.06. The highest BCUT2D eigenvalue weighted by Crippen LogP contribution is 2.25. The summed E-state index contributed by atoms with van der Waals surface area (Å²) in [5, 5.41) is 0. The summed E-state index contributed by atoms with van der Waals surface area (Å²) in [4.78, 5) is 0. The molecule has 0 heterocycles. The third-order valence-electron chi connectivity index (χ3n) is 1.21. The topological polar surface area (TPSA) is 0 Å². The van der Waals surface area contributed by atoms with Crippen molar-refractivity contribution < 1.29 is 4.39 Å². The van der Waals surface area contributed by atoms with Gasteiger partial charge in [0.25, 0.3) is 0 Å². The molecule has 1 rings (SSSR count). The Hall–Kier alpha value is 0.400. The molecule has 0 saturated heterocycles. The molecule has 0 aliphatic heterocycles. The molecule has 0 saturated carbocycles. The summed E-state index contributed by atoms with van der Waals surface area (Å²) in [6, 6.07) is 3.30. The largest absolute Gasteiger partial charge is 0.205 e. The third-order valence-corrected chi connectivity index (χ3v) is 2.54. The van der Waals surface area contributed by atoms with Gasteiger partial charge < -0.3 is 0 Å². The van der Waals surface area contributed by atoms with Crippen LogP contribution in [0.25, 0.3) is 0 Å². The molecule has 1 aromatic carbocycles. The Morgan fingerprint density at radius 2 is 2.00 bits per heavy atom. The summed E-state index contributed by atoms with van der Waals surface area (Å²) in [6.45, 7) is 0. The first-order valence-corrected chi connectivity index (χ1v) is 4.96. The molecule has 4 heteroatoms. The van der Waals surface area contributed by atoms with Crippen LogP contribution < -0.4 is 0 Å². The van der Waals surface area contributed by atoms with Crippen molar-refractivity contribution in [3.63, 3.8) is 0 Å². The molecule has 11 heavy (non-hydrogen) atoms. The van der Waals surface area contributed by atoms with E-state index in [1.54, 1.807) is 12.1 Å². The van der Waals surface area contributed by atoms with E-state index in [9.17, 15) is 4.39 Å². The molecule has 1 aromatic rings. The second kappa shape index (κ2) is 3.87. The van der Waals surface area contributed by atoms with Gasteiger partial charge in [0.1, 0.15) is 5.82 Å². The fraction of sp³-hybridized carbons (Fsp3) is 0.143. The van der Waals surface area contributed by atoms with E-state index >= 15 is 0 Å². The van der Waals surface area contributed by atoms with Gasteiger partial charge >= 0.3 is 0 Å². The molecular weight excluding hydrogens is 298 g/mol. The van der Waals surface area contributed by atoms with Crippen LogP contribution in [0.5, 0.6) is 0 Å². The number of hydrogen-bond acceptors (Lipinski definition) is 0. The molecule has 0 aliphatic rings. The lowest BCUT2D eigenvalue weighted by Crippen LogP contribution is -1.87. The molecule has 0 N–H and O–H groups in total. The van der Waals surface area contributed by atoms with E-state index in [0.717, 1.165) is 4.47 Å². The van der Waals surface area contributed by atoms with Crippen LogP contribution in [-0.2, 0) is 5.88 Å². The van der Waals surface area contributed by atoms with Gasteiger partial charge in [0, 0.05) is 10.0 Å². The number of alkyl halides is 1. The van der Waals surface area contributed by atoms with Crippen molar-refractivity contribution in [1.82, 2.24) is 0 Å². The SMILES string of the molecule is Fc1c(Br)cc(Br)cc1CCl. The van der Waals surface area contributed by atoms with Gasteiger partial charge in [-0.1, -0.05) is 15.9 Å². The van der Waals surface area contributed by atoms with Gasteiger partial charge in [0.15, 0.2) is 0 Å². The van der Waals surface area contributed by atoms with Gasteiger partial charge in [-0.15, -0.1) is 11.6 Å². The van der Waals surface area contributed by atoms with Gasteiger partial charge in [0.05, 0.1) is 10.4 Å². The predicted octanol–water partition coefficient (Wildman–Crippen LogP) is 4.09. The maximum absolute atomic E-state index is 13.0. The van der Waals surface area contributed by atoms with Gasteiger partial charge in [-0.2, -0.15) is 0 Å². The zero-order valence-electron chi connectivity index (χ0n) is 5.37. The molecule has 0 unspecified atom stereocenters. The summed E-state index contributed by atoms with van der Waals surface area (Å²) < 4.78 is 14.3. The molecule has 0 bridgehead atoms. The fourth-order valence-electron chi connectivity index (χ4n) is 0.707. The molecule has 0 spiro atoms. The lowest BCUT2D eigenvalue weighted by atomic mass is 10.2. The van der Waals surface area contributed by atoms with E-state index < -0.39 is 0 Å². The Kier molecular flexibility index (Phi) is 3.34. The van der Waals surface area contributed by atoms with E-state index in [-0.39, 0.29) is 11.7 Å². The van der Waals surface area contributed by atoms with Crippen LogP contribution in [0, 0.1) is 5.82 Å². The van der Waals surface area contributed by atoms with Crippen molar-refractivity contribution in [2.24, 2.45) is 0 Å². The van der Waals surface area contributed by atoms with Gasteiger partial charge in [-0.05, 0) is 28.1 Å². The molecular formula is C7H4Br2ClF. The van der Waals surface area contributed by atoms with E-state index in [0.29, 0.717) is 10.0 Å². The first kappa shape index (κ1) is 9.49. The molecule has 0 nitrogen and oxygen atoms in total. The molecule has 0 atom stereocenters. The van der Waals surface area contributed by atoms with Crippen LogP contribution in [-0.4, -0.2) is 0 Å². The van der Waals surface area contributed by atoms with Crippen LogP contribution in [0.1, 0.15) is 5.56 Å². The van der Waals surface area contributed by atoms with Crippen molar-refractivity contribution >= 4 is 43.5 Å². The second-order valence-corrected chi connectivity index (χ2v) is 4.03. The minimum Gasteiger partial charge on any atom is -0.205 e. The summed E-state index contributed by atoms with van der Waals surface area (Å²) in [6.07, 6.45) is 0. The number of halogens is 4. The fourth-order valence-corrected chi connectivity index (χ4v) is 2.21. The van der Waals surface area contributed by atoms with Crippen LogP contribution in [0.15, 0.2) is 21.1 Å². The van der Waals surface area contributed by atoms with E-state index in [4.69, 9.17) is 11.6 Å². The summed E-state index contributed by atoms with van der Waals surface area (Å²) in [5.41, 5.74) is 0.493.